The van der Waals surface area contributed by atoms with Gasteiger partial charge in [0.1, 0.15) is 0 Å². The Morgan fingerprint density at radius 3 is 2.20 bits per heavy atom. The van der Waals surface area contributed by atoms with E-state index in [1.807, 2.05) is 48.5 Å². The number of nitrogens with zero attached hydrogens (tertiary/aromatic N) is 1. The van der Waals surface area contributed by atoms with Gasteiger partial charge in [-0.15, -0.1) is 0 Å². The Morgan fingerprint density at radius 1 is 0.867 bits per heavy atom. The fourth-order valence-electron chi connectivity index (χ4n) is 3.29. The molecule has 0 heterocycles. The highest BCUT2D eigenvalue weighted by Crippen LogP contribution is 2.27. The number of hydrazone groups is 1. The summed E-state index contributed by atoms with van der Waals surface area (Å²) in [5, 5.41) is 11.4. The van der Waals surface area contributed by atoms with Gasteiger partial charge in [0.2, 0.25) is 0 Å². The van der Waals surface area contributed by atoms with Crippen molar-refractivity contribution in [2.24, 2.45) is 5.10 Å². The molecule has 4 aromatic rings. The van der Waals surface area contributed by atoms with Gasteiger partial charge in [-0.25, -0.2) is 5.43 Å². The van der Waals surface area contributed by atoms with Gasteiger partial charge in [-0.3, -0.25) is 9.59 Å². The van der Waals surface area contributed by atoms with Crippen LogP contribution in [0, 0.1) is 0 Å². The number of carbonyl (C=O) groups excluding carboxylic acids is 2. The molecule has 148 valence electrons. The average molecular weight is 416 g/mol. The molecule has 0 unspecified atom stereocenters. The SMILES string of the molecule is O=C(CNC(=O)c1cccc(Cl)c1)NN=Cc1c2ccccc2cc2ccccc12. The summed E-state index contributed by atoms with van der Waals surface area (Å²) in [6.07, 6.45) is 1.64. The summed E-state index contributed by atoms with van der Waals surface area (Å²) in [4.78, 5) is 24.2. The summed E-state index contributed by atoms with van der Waals surface area (Å²) < 4.78 is 0. The number of carbonyl (C=O) groups is 2. The molecule has 0 saturated carbocycles. The van der Waals surface area contributed by atoms with Crippen LogP contribution in [-0.4, -0.2) is 24.6 Å². The predicted molar refractivity (Wildman–Crippen MR) is 121 cm³/mol. The smallest absolute Gasteiger partial charge is 0.259 e. The van der Waals surface area contributed by atoms with Crippen molar-refractivity contribution >= 4 is 51.2 Å². The molecule has 5 nitrogen and oxygen atoms in total. The van der Waals surface area contributed by atoms with E-state index >= 15 is 0 Å². The average Bonchev–Trinajstić information content (AvgIpc) is 2.77. The topological polar surface area (TPSA) is 70.6 Å². The molecule has 0 aliphatic rings. The minimum absolute atomic E-state index is 0.195. The lowest BCUT2D eigenvalue weighted by atomic mass is 9.97. The second kappa shape index (κ2) is 8.76. The summed E-state index contributed by atoms with van der Waals surface area (Å²) in [5.74, 6) is -0.803. The van der Waals surface area contributed by atoms with Crippen molar-refractivity contribution in [1.82, 2.24) is 10.7 Å². The highest BCUT2D eigenvalue weighted by molar-refractivity contribution is 6.31. The first-order valence-electron chi connectivity index (χ1n) is 9.38. The van der Waals surface area contributed by atoms with Crippen LogP contribution in [0.15, 0.2) is 84.0 Å². The van der Waals surface area contributed by atoms with Gasteiger partial charge in [-0.1, -0.05) is 66.2 Å². The van der Waals surface area contributed by atoms with Gasteiger partial charge < -0.3 is 5.32 Å². The van der Waals surface area contributed by atoms with Crippen LogP contribution in [0.3, 0.4) is 0 Å². The Bertz CT molecular complexity index is 1230. The maximum atomic E-state index is 12.1. The van der Waals surface area contributed by atoms with Crippen molar-refractivity contribution < 1.29 is 9.59 Å². The van der Waals surface area contributed by atoms with Gasteiger partial charge >= 0.3 is 0 Å². The first-order valence-corrected chi connectivity index (χ1v) is 9.76. The number of halogens is 1. The van der Waals surface area contributed by atoms with Crippen LogP contribution in [0.1, 0.15) is 15.9 Å². The molecule has 2 N–H and O–H groups in total. The summed E-state index contributed by atoms with van der Waals surface area (Å²) in [6, 6.07) is 24.7. The van der Waals surface area contributed by atoms with E-state index in [1.165, 1.54) is 0 Å². The molecule has 0 spiro atoms. The highest BCUT2D eigenvalue weighted by atomic mass is 35.5. The molecule has 0 bridgehead atoms. The lowest BCUT2D eigenvalue weighted by Crippen LogP contribution is -2.34. The third-order valence-electron chi connectivity index (χ3n) is 4.69. The highest BCUT2D eigenvalue weighted by Gasteiger charge is 2.09. The summed E-state index contributed by atoms with van der Waals surface area (Å²) in [7, 11) is 0. The number of fused-ring (bicyclic) bond motifs is 2. The molecule has 0 saturated heterocycles. The number of hydrogen-bond donors (Lipinski definition) is 2. The van der Waals surface area contributed by atoms with Gasteiger partial charge in [-0.2, -0.15) is 5.10 Å². The second-order valence-corrected chi connectivity index (χ2v) is 7.16. The molecule has 0 aliphatic heterocycles. The predicted octanol–water partition coefficient (Wildman–Crippen LogP) is 4.53. The van der Waals surface area contributed by atoms with E-state index in [2.05, 4.69) is 21.9 Å². The van der Waals surface area contributed by atoms with E-state index in [1.54, 1.807) is 30.5 Å². The van der Waals surface area contributed by atoms with Crippen LogP contribution >= 0.6 is 11.6 Å². The third kappa shape index (κ3) is 4.31. The number of hydrogen-bond acceptors (Lipinski definition) is 3. The minimum atomic E-state index is -0.425. The first kappa shape index (κ1) is 19.6. The van der Waals surface area contributed by atoms with Crippen molar-refractivity contribution in [3.8, 4) is 0 Å². The molecule has 0 fully saturated rings. The van der Waals surface area contributed by atoms with E-state index in [9.17, 15) is 9.59 Å². The van der Waals surface area contributed by atoms with Crippen LogP contribution in [-0.2, 0) is 4.79 Å². The van der Waals surface area contributed by atoms with Crippen molar-refractivity contribution in [2.45, 2.75) is 0 Å². The van der Waals surface area contributed by atoms with E-state index in [0.29, 0.717) is 10.6 Å². The molecular weight excluding hydrogens is 398 g/mol. The van der Waals surface area contributed by atoms with Gasteiger partial charge in [-0.05, 0) is 45.8 Å². The Labute approximate surface area is 178 Å². The Balaban J connectivity index is 1.47. The third-order valence-corrected chi connectivity index (χ3v) is 4.93. The molecule has 4 rings (SSSR count). The van der Waals surface area contributed by atoms with Crippen molar-refractivity contribution in [1.29, 1.82) is 0 Å². The quantitative estimate of drug-likeness (QED) is 0.285. The van der Waals surface area contributed by atoms with Crippen molar-refractivity contribution in [3.05, 3.63) is 95.0 Å². The number of benzene rings is 4. The van der Waals surface area contributed by atoms with Crippen molar-refractivity contribution in [2.75, 3.05) is 6.54 Å². The van der Waals surface area contributed by atoms with Crippen molar-refractivity contribution in [3.63, 3.8) is 0 Å². The Hall–Kier alpha value is -3.70. The fourth-order valence-corrected chi connectivity index (χ4v) is 3.48. The Morgan fingerprint density at radius 2 is 1.53 bits per heavy atom. The molecule has 0 atom stereocenters. The Kier molecular flexibility index (Phi) is 5.72. The molecule has 30 heavy (non-hydrogen) atoms. The standard InChI is InChI=1S/C24H18ClN3O2/c25-19-9-5-8-18(13-19)24(30)26-15-23(29)28-27-14-22-20-10-3-1-6-16(20)12-17-7-2-4-11-21(17)22/h1-14H,15H2,(H,26,30)(H,28,29). The first-order chi connectivity index (χ1) is 14.6. The largest absolute Gasteiger partial charge is 0.343 e. The van der Waals surface area contributed by atoms with Gasteiger partial charge in [0, 0.05) is 16.1 Å². The van der Waals surface area contributed by atoms with E-state index in [-0.39, 0.29) is 12.5 Å². The number of rotatable bonds is 5. The molecule has 6 heteroatoms. The summed E-state index contributed by atoms with van der Waals surface area (Å²) in [5.41, 5.74) is 3.78. The van der Waals surface area contributed by atoms with E-state index < -0.39 is 5.91 Å². The van der Waals surface area contributed by atoms with Crippen LogP contribution in [0.25, 0.3) is 21.5 Å². The minimum Gasteiger partial charge on any atom is -0.343 e. The van der Waals surface area contributed by atoms with Crippen LogP contribution < -0.4 is 10.7 Å². The fraction of sp³-hybridized carbons (Fsp3) is 0.0417. The van der Waals surface area contributed by atoms with Crippen LogP contribution in [0.5, 0.6) is 0 Å². The zero-order valence-electron chi connectivity index (χ0n) is 15.9. The van der Waals surface area contributed by atoms with Gasteiger partial charge in [0.05, 0.1) is 12.8 Å². The molecule has 0 radical (unpaired) electrons. The zero-order chi connectivity index (χ0) is 20.9. The van der Waals surface area contributed by atoms with E-state index in [4.69, 9.17) is 11.6 Å². The normalized spacial score (nSPS) is 11.1. The lowest BCUT2D eigenvalue weighted by molar-refractivity contribution is -0.120. The van der Waals surface area contributed by atoms with E-state index in [0.717, 1.165) is 27.1 Å². The lowest BCUT2D eigenvalue weighted by Gasteiger charge is -2.08. The number of nitrogens with one attached hydrogen (secondary N) is 2. The monoisotopic (exact) mass is 415 g/mol. The number of amides is 2. The summed E-state index contributed by atoms with van der Waals surface area (Å²) >= 11 is 5.88. The molecule has 0 aromatic heterocycles. The molecule has 0 aliphatic carbocycles. The second-order valence-electron chi connectivity index (χ2n) is 6.72. The molecular formula is C24H18ClN3O2. The maximum absolute atomic E-state index is 12.1. The zero-order valence-corrected chi connectivity index (χ0v) is 16.7. The van der Waals surface area contributed by atoms with Crippen LogP contribution in [0.2, 0.25) is 5.02 Å². The molecule has 2 amide bonds. The van der Waals surface area contributed by atoms with Gasteiger partial charge in [0.15, 0.2) is 0 Å². The molecule has 4 aromatic carbocycles. The summed E-state index contributed by atoms with van der Waals surface area (Å²) in [6.45, 7) is -0.195. The van der Waals surface area contributed by atoms with Gasteiger partial charge in [0.25, 0.3) is 11.8 Å². The van der Waals surface area contributed by atoms with Crippen LogP contribution in [0.4, 0.5) is 0 Å². The maximum Gasteiger partial charge on any atom is 0.259 e.